The van der Waals surface area contributed by atoms with E-state index in [4.69, 9.17) is 0 Å². The fourth-order valence-corrected chi connectivity index (χ4v) is 4.17. The van der Waals surface area contributed by atoms with Crippen LogP contribution in [0.1, 0.15) is 90.0 Å². The lowest BCUT2D eigenvalue weighted by atomic mass is 10.0. The van der Waals surface area contributed by atoms with E-state index < -0.39 is 10.0 Å². The van der Waals surface area contributed by atoms with Gasteiger partial charge in [0.2, 0.25) is 10.0 Å². The molecule has 3 nitrogen and oxygen atoms in total. The molecule has 0 unspecified atom stereocenters. The van der Waals surface area contributed by atoms with Crippen molar-refractivity contribution in [3.8, 4) is 0 Å². The van der Waals surface area contributed by atoms with Gasteiger partial charge in [0.1, 0.15) is 0 Å². The molecule has 0 aliphatic carbocycles. The van der Waals surface area contributed by atoms with Crippen molar-refractivity contribution in [1.29, 1.82) is 0 Å². The van der Waals surface area contributed by atoms with Crippen LogP contribution in [0.3, 0.4) is 0 Å². The summed E-state index contributed by atoms with van der Waals surface area (Å²) in [6.07, 6.45) is 14.1. The highest BCUT2D eigenvalue weighted by Gasteiger charge is 2.12. The average Bonchev–Trinajstić information content (AvgIpc) is 2.59. The third kappa shape index (κ3) is 11.0. The third-order valence-electron chi connectivity index (χ3n) is 4.83. The molecule has 0 radical (unpaired) electrons. The molecule has 0 saturated heterocycles. The minimum Gasteiger partial charge on any atom is -0.211 e. The molecule has 0 saturated carbocycles. The summed E-state index contributed by atoms with van der Waals surface area (Å²) in [6, 6.07) is 7.00. The largest absolute Gasteiger partial charge is 0.240 e. The van der Waals surface area contributed by atoms with Crippen molar-refractivity contribution in [1.82, 2.24) is 4.72 Å². The van der Waals surface area contributed by atoms with Gasteiger partial charge in [-0.15, -0.1) is 0 Å². The molecule has 0 fully saturated rings. The van der Waals surface area contributed by atoms with Gasteiger partial charge in [-0.3, -0.25) is 0 Å². The summed E-state index contributed by atoms with van der Waals surface area (Å²) in [4.78, 5) is 0.358. The Morgan fingerprint density at radius 1 is 0.769 bits per heavy atom. The van der Waals surface area contributed by atoms with Gasteiger partial charge in [-0.1, -0.05) is 95.8 Å². The molecule has 0 aliphatic rings. The number of hydrogen-bond donors (Lipinski definition) is 1. The molecule has 0 atom stereocenters. The molecule has 0 spiro atoms. The third-order valence-corrected chi connectivity index (χ3v) is 6.31. The minimum absolute atomic E-state index is 0.358. The second-order valence-corrected chi connectivity index (χ2v) is 9.70. The van der Waals surface area contributed by atoms with Crippen molar-refractivity contribution in [3.63, 3.8) is 0 Å². The molecule has 0 heterocycles. The van der Waals surface area contributed by atoms with Crippen molar-refractivity contribution in [2.75, 3.05) is 6.54 Å². The minimum atomic E-state index is -3.35. The van der Waals surface area contributed by atoms with E-state index in [1.807, 2.05) is 19.1 Å². The van der Waals surface area contributed by atoms with Crippen LogP contribution < -0.4 is 4.72 Å². The molecule has 0 aromatic heterocycles. The Balaban J connectivity index is 1.95. The summed E-state index contributed by atoms with van der Waals surface area (Å²) in [7, 11) is -3.35. The normalized spacial score (nSPS) is 12.0. The van der Waals surface area contributed by atoms with Crippen molar-refractivity contribution >= 4 is 10.0 Å². The molecular weight excluding hydrogens is 342 g/mol. The number of sulfonamides is 1. The summed E-state index contributed by atoms with van der Waals surface area (Å²) < 4.78 is 27.0. The van der Waals surface area contributed by atoms with E-state index >= 15 is 0 Å². The Hall–Kier alpha value is -0.870. The first-order valence-corrected chi connectivity index (χ1v) is 12.0. The lowest BCUT2D eigenvalue weighted by Crippen LogP contribution is -2.24. The number of aryl methyl sites for hydroxylation is 1. The van der Waals surface area contributed by atoms with E-state index in [-0.39, 0.29) is 0 Å². The maximum absolute atomic E-state index is 12.2. The van der Waals surface area contributed by atoms with Gasteiger partial charge in [0.05, 0.1) is 4.90 Å². The molecule has 1 aromatic carbocycles. The number of rotatable bonds is 15. The van der Waals surface area contributed by atoms with Gasteiger partial charge in [-0.25, -0.2) is 13.1 Å². The Bertz CT molecular complexity index is 564. The van der Waals surface area contributed by atoms with Crippen molar-refractivity contribution < 1.29 is 8.42 Å². The fourth-order valence-electron chi connectivity index (χ4n) is 3.10. The zero-order chi connectivity index (χ0) is 19.3. The molecule has 26 heavy (non-hydrogen) atoms. The van der Waals surface area contributed by atoms with E-state index in [9.17, 15) is 8.42 Å². The summed E-state index contributed by atoms with van der Waals surface area (Å²) >= 11 is 0. The first kappa shape index (κ1) is 23.2. The first-order valence-electron chi connectivity index (χ1n) is 10.5. The lowest BCUT2D eigenvalue weighted by molar-refractivity contribution is 0.504. The molecular formula is C22H39NO2S. The molecule has 150 valence electrons. The fraction of sp³-hybridized carbons (Fsp3) is 0.727. The van der Waals surface area contributed by atoms with Crippen LogP contribution in [0.4, 0.5) is 0 Å². The molecule has 0 aliphatic heterocycles. The highest BCUT2D eigenvalue weighted by molar-refractivity contribution is 7.89. The Morgan fingerprint density at radius 2 is 1.23 bits per heavy atom. The van der Waals surface area contributed by atoms with E-state index in [0.717, 1.165) is 24.3 Å². The SMILES string of the molecule is Cc1ccc(S(=O)(=O)NCCCCCCCCCCCCC(C)C)cc1. The van der Waals surface area contributed by atoms with E-state index in [0.29, 0.717) is 11.4 Å². The summed E-state index contributed by atoms with van der Waals surface area (Å²) in [6.45, 7) is 7.09. The van der Waals surface area contributed by atoms with Crippen LogP contribution in [0.15, 0.2) is 29.2 Å². The van der Waals surface area contributed by atoms with Gasteiger partial charge in [-0.2, -0.15) is 0 Å². The van der Waals surface area contributed by atoms with Crippen molar-refractivity contribution in [2.24, 2.45) is 5.92 Å². The van der Waals surface area contributed by atoms with Crippen LogP contribution in [0.5, 0.6) is 0 Å². The smallest absolute Gasteiger partial charge is 0.211 e. The van der Waals surface area contributed by atoms with Crippen LogP contribution in [0, 0.1) is 12.8 Å². The van der Waals surface area contributed by atoms with Crippen molar-refractivity contribution in [2.45, 2.75) is 96.3 Å². The van der Waals surface area contributed by atoms with E-state index in [1.165, 1.54) is 57.8 Å². The highest BCUT2D eigenvalue weighted by atomic mass is 32.2. The number of hydrogen-bond acceptors (Lipinski definition) is 2. The van der Waals surface area contributed by atoms with Crippen molar-refractivity contribution in [3.05, 3.63) is 29.8 Å². The predicted octanol–water partition coefficient (Wildman–Crippen LogP) is 6.22. The average molecular weight is 382 g/mol. The summed E-state index contributed by atoms with van der Waals surface area (Å²) in [5.41, 5.74) is 1.07. The monoisotopic (exact) mass is 381 g/mol. The topological polar surface area (TPSA) is 46.2 Å². The quantitative estimate of drug-likeness (QED) is 0.367. The van der Waals surface area contributed by atoms with Crippen LogP contribution in [0.25, 0.3) is 0 Å². The van der Waals surface area contributed by atoms with Gasteiger partial charge in [-0.05, 0) is 31.4 Å². The second kappa shape index (κ2) is 13.3. The van der Waals surface area contributed by atoms with Gasteiger partial charge >= 0.3 is 0 Å². The van der Waals surface area contributed by atoms with Gasteiger partial charge < -0.3 is 0 Å². The zero-order valence-corrected chi connectivity index (χ0v) is 17.9. The molecule has 1 aromatic rings. The Morgan fingerprint density at radius 3 is 1.73 bits per heavy atom. The van der Waals surface area contributed by atoms with Crippen LogP contribution >= 0.6 is 0 Å². The first-order chi connectivity index (χ1) is 12.4. The lowest BCUT2D eigenvalue weighted by Gasteiger charge is -2.07. The maximum Gasteiger partial charge on any atom is 0.240 e. The van der Waals surface area contributed by atoms with Crippen LogP contribution in [-0.4, -0.2) is 15.0 Å². The Kier molecular flexibility index (Phi) is 11.9. The van der Waals surface area contributed by atoms with Gasteiger partial charge in [0.15, 0.2) is 0 Å². The van der Waals surface area contributed by atoms with Gasteiger partial charge in [0.25, 0.3) is 0 Å². The Labute approximate surface area is 162 Å². The number of unbranched alkanes of at least 4 members (excludes halogenated alkanes) is 9. The molecule has 4 heteroatoms. The molecule has 0 amide bonds. The van der Waals surface area contributed by atoms with Crippen LogP contribution in [0.2, 0.25) is 0 Å². The molecule has 1 N–H and O–H groups in total. The molecule has 1 rings (SSSR count). The van der Waals surface area contributed by atoms with Crippen LogP contribution in [-0.2, 0) is 10.0 Å². The standard InChI is InChI=1S/C22H39NO2S/c1-20(2)14-12-10-8-6-4-5-7-9-11-13-19-23-26(24,25)22-17-15-21(3)16-18-22/h15-18,20,23H,4-14,19H2,1-3H3. The molecule has 0 bridgehead atoms. The number of nitrogens with one attached hydrogen (secondary N) is 1. The van der Waals surface area contributed by atoms with E-state index in [2.05, 4.69) is 18.6 Å². The summed E-state index contributed by atoms with van der Waals surface area (Å²) in [5, 5.41) is 0. The maximum atomic E-state index is 12.2. The summed E-state index contributed by atoms with van der Waals surface area (Å²) in [5.74, 6) is 0.844. The second-order valence-electron chi connectivity index (χ2n) is 7.93. The predicted molar refractivity (Wildman–Crippen MR) is 112 cm³/mol. The number of benzene rings is 1. The highest BCUT2D eigenvalue weighted by Crippen LogP contribution is 2.14. The van der Waals surface area contributed by atoms with E-state index in [1.54, 1.807) is 12.1 Å². The van der Waals surface area contributed by atoms with Gasteiger partial charge in [0, 0.05) is 6.54 Å². The zero-order valence-electron chi connectivity index (χ0n) is 17.1.